The first kappa shape index (κ1) is 16.8. The lowest BCUT2D eigenvalue weighted by atomic mass is 9.64. The van der Waals surface area contributed by atoms with Crippen LogP contribution in [0.3, 0.4) is 0 Å². The van der Waals surface area contributed by atoms with Gasteiger partial charge in [-0.15, -0.1) is 12.4 Å². The third-order valence-electron chi connectivity index (χ3n) is 4.02. The second-order valence-corrected chi connectivity index (χ2v) is 5.62. The number of para-hydroxylation sites is 1. The van der Waals surface area contributed by atoms with Crippen molar-refractivity contribution in [2.45, 2.75) is 32.4 Å². The van der Waals surface area contributed by atoms with Crippen LogP contribution in [0.4, 0.5) is 5.69 Å². The van der Waals surface area contributed by atoms with Gasteiger partial charge in [0.05, 0.1) is 12.6 Å². The van der Waals surface area contributed by atoms with Crippen molar-refractivity contribution in [1.29, 1.82) is 0 Å². The molecule has 2 rings (SSSR count). The van der Waals surface area contributed by atoms with E-state index >= 15 is 0 Å². The van der Waals surface area contributed by atoms with E-state index in [0.717, 1.165) is 12.1 Å². The van der Waals surface area contributed by atoms with Crippen LogP contribution in [-0.2, 0) is 9.53 Å². The number of carbonyl (C=O) groups is 1. The van der Waals surface area contributed by atoms with Crippen molar-refractivity contribution < 1.29 is 9.53 Å². The van der Waals surface area contributed by atoms with Gasteiger partial charge in [-0.05, 0) is 18.6 Å². The van der Waals surface area contributed by atoms with Crippen molar-refractivity contribution in [3.05, 3.63) is 30.3 Å². The molecule has 1 aliphatic carbocycles. The quantitative estimate of drug-likeness (QED) is 0.878. The molecule has 1 aliphatic rings. The summed E-state index contributed by atoms with van der Waals surface area (Å²) in [6, 6.07) is 9.93. The average Bonchev–Trinajstić information content (AvgIpc) is 2.42. The van der Waals surface area contributed by atoms with Crippen LogP contribution in [0.15, 0.2) is 30.3 Å². The first-order chi connectivity index (χ1) is 9.04. The predicted octanol–water partition coefficient (Wildman–Crippen LogP) is 2.45. The Hall–Kier alpha value is -1.26. The average molecular weight is 299 g/mol. The molecule has 0 saturated heterocycles. The van der Waals surface area contributed by atoms with Gasteiger partial charge in [0, 0.05) is 24.3 Å². The highest BCUT2D eigenvalue weighted by molar-refractivity contribution is 5.85. The largest absolute Gasteiger partial charge is 0.381 e. The molecule has 4 nitrogen and oxygen atoms in total. The maximum atomic E-state index is 11.9. The zero-order chi connectivity index (χ0) is 13.9. The molecule has 1 saturated carbocycles. The van der Waals surface area contributed by atoms with Crippen LogP contribution in [0.25, 0.3) is 0 Å². The minimum Gasteiger partial charge on any atom is -0.381 e. The number of carbonyl (C=O) groups excluding carboxylic acids is 1. The molecule has 0 aliphatic heterocycles. The fourth-order valence-corrected chi connectivity index (χ4v) is 2.51. The van der Waals surface area contributed by atoms with Gasteiger partial charge in [-0.3, -0.25) is 4.79 Å². The number of benzene rings is 1. The van der Waals surface area contributed by atoms with Gasteiger partial charge in [0.2, 0.25) is 5.91 Å². The molecule has 0 spiro atoms. The van der Waals surface area contributed by atoms with Gasteiger partial charge in [0.15, 0.2) is 0 Å². The molecule has 1 aromatic rings. The summed E-state index contributed by atoms with van der Waals surface area (Å²) < 4.78 is 5.38. The molecule has 2 N–H and O–H groups in total. The van der Waals surface area contributed by atoms with E-state index in [1.165, 1.54) is 0 Å². The molecule has 0 radical (unpaired) electrons. The third-order valence-corrected chi connectivity index (χ3v) is 4.02. The van der Waals surface area contributed by atoms with Crippen LogP contribution in [0.5, 0.6) is 0 Å². The summed E-state index contributed by atoms with van der Waals surface area (Å²) in [6.45, 7) is 4.55. The third kappa shape index (κ3) is 3.64. The molecular weight excluding hydrogens is 276 g/mol. The van der Waals surface area contributed by atoms with E-state index < -0.39 is 0 Å². The lowest BCUT2D eigenvalue weighted by Gasteiger charge is -2.51. The predicted molar refractivity (Wildman–Crippen MR) is 83.3 cm³/mol. The molecule has 2 unspecified atom stereocenters. The number of anilines is 1. The number of hydrogen-bond acceptors (Lipinski definition) is 3. The first-order valence-corrected chi connectivity index (χ1v) is 6.65. The van der Waals surface area contributed by atoms with Crippen molar-refractivity contribution >= 4 is 24.0 Å². The maximum Gasteiger partial charge on any atom is 0.239 e. The first-order valence-electron chi connectivity index (χ1n) is 6.65. The Morgan fingerprint density at radius 3 is 2.55 bits per heavy atom. The minimum atomic E-state index is 0. The summed E-state index contributed by atoms with van der Waals surface area (Å²) in [4.78, 5) is 11.9. The molecule has 1 aromatic carbocycles. The Bertz CT molecular complexity index is 437. The second-order valence-electron chi connectivity index (χ2n) is 5.62. The van der Waals surface area contributed by atoms with Crippen LogP contribution in [0.2, 0.25) is 0 Å². The van der Waals surface area contributed by atoms with Gasteiger partial charge in [0.25, 0.3) is 0 Å². The zero-order valence-electron chi connectivity index (χ0n) is 12.2. The summed E-state index contributed by atoms with van der Waals surface area (Å²) >= 11 is 0. The van der Waals surface area contributed by atoms with Crippen molar-refractivity contribution in [2.24, 2.45) is 5.41 Å². The van der Waals surface area contributed by atoms with Crippen LogP contribution < -0.4 is 10.6 Å². The minimum absolute atomic E-state index is 0. The normalized spacial score (nSPS) is 23.1. The van der Waals surface area contributed by atoms with Crippen molar-refractivity contribution in [3.8, 4) is 0 Å². The van der Waals surface area contributed by atoms with Gasteiger partial charge in [-0.1, -0.05) is 32.0 Å². The number of halogens is 1. The Labute approximate surface area is 126 Å². The fraction of sp³-hybridized carbons (Fsp3) is 0.533. The zero-order valence-corrected chi connectivity index (χ0v) is 13.0. The summed E-state index contributed by atoms with van der Waals surface area (Å²) in [5, 5.41) is 6.17. The van der Waals surface area contributed by atoms with E-state index in [1.807, 2.05) is 30.3 Å². The SMILES string of the molecule is COC1CC(NC(=O)CNc2ccccc2)C1(C)C.Cl. The van der Waals surface area contributed by atoms with Crippen molar-refractivity contribution in [3.63, 3.8) is 0 Å². The Morgan fingerprint density at radius 1 is 1.35 bits per heavy atom. The van der Waals surface area contributed by atoms with Gasteiger partial charge in [-0.25, -0.2) is 0 Å². The molecule has 1 amide bonds. The van der Waals surface area contributed by atoms with E-state index in [0.29, 0.717) is 6.54 Å². The van der Waals surface area contributed by atoms with E-state index in [4.69, 9.17) is 4.74 Å². The van der Waals surface area contributed by atoms with Crippen LogP contribution in [-0.4, -0.2) is 31.7 Å². The number of rotatable bonds is 5. The van der Waals surface area contributed by atoms with Gasteiger partial charge in [-0.2, -0.15) is 0 Å². The van der Waals surface area contributed by atoms with E-state index in [2.05, 4.69) is 24.5 Å². The number of methoxy groups -OCH3 is 1. The Balaban J connectivity index is 0.00000200. The number of hydrogen-bond donors (Lipinski definition) is 2. The maximum absolute atomic E-state index is 11.9. The van der Waals surface area contributed by atoms with E-state index in [1.54, 1.807) is 7.11 Å². The molecule has 0 bridgehead atoms. The summed E-state index contributed by atoms with van der Waals surface area (Å²) in [5.74, 6) is 0.0245. The molecule has 5 heteroatoms. The molecular formula is C15H23ClN2O2. The summed E-state index contributed by atoms with van der Waals surface area (Å²) in [5.41, 5.74) is 0.970. The van der Waals surface area contributed by atoms with Gasteiger partial charge < -0.3 is 15.4 Å². The monoisotopic (exact) mass is 298 g/mol. The molecule has 20 heavy (non-hydrogen) atoms. The topological polar surface area (TPSA) is 50.4 Å². The second kappa shape index (κ2) is 6.95. The molecule has 112 valence electrons. The van der Waals surface area contributed by atoms with E-state index in [-0.39, 0.29) is 35.9 Å². The number of amides is 1. The lowest BCUT2D eigenvalue weighted by Crippen LogP contribution is -2.62. The molecule has 0 aromatic heterocycles. The van der Waals surface area contributed by atoms with Crippen molar-refractivity contribution in [2.75, 3.05) is 19.0 Å². The lowest BCUT2D eigenvalue weighted by molar-refractivity contribution is -0.131. The van der Waals surface area contributed by atoms with Gasteiger partial charge >= 0.3 is 0 Å². The molecule has 2 atom stereocenters. The number of ether oxygens (including phenoxy) is 1. The molecule has 0 heterocycles. The van der Waals surface area contributed by atoms with Crippen LogP contribution >= 0.6 is 12.4 Å². The number of nitrogens with one attached hydrogen (secondary N) is 2. The van der Waals surface area contributed by atoms with Crippen LogP contribution in [0, 0.1) is 5.41 Å². The molecule has 1 fully saturated rings. The smallest absolute Gasteiger partial charge is 0.239 e. The fourth-order valence-electron chi connectivity index (χ4n) is 2.51. The summed E-state index contributed by atoms with van der Waals surface area (Å²) in [7, 11) is 1.72. The van der Waals surface area contributed by atoms with Gasteiger partial charge in [0.1, 0.15) is 0 Å². The standard InChI is InChI=1S/C15H22N2O2.ClH/c1-15(2)12(9-13(15)19-3)17-14(18)10-16-11-7-5-4-6-8-11;/h4-8,12-13,16H,9-10H2,1-3H3,(H,17,18);1H. The highest BCUT2D eigenvalue weighted by Crippen LogP contribution is 2.42. The summed E-state index contributed by atoms with van der Waals surface area (Å²) in [6.07, 6.45) is 1.13. The Kier molecular flexibility index (Phi) is 5.84. The van der Waals surface area contributed by atoms with E-state index in [9.17, 15) is 4.79 Å². The highest BCUT2D eigenvalue weighted by atomic mass is 35.5. The Morgan fingerprint density at radius 2 is 2.00 bits per heavy atom. The van der Waals surface area contributed by atoms with Crippen molar-refractivity contribution in [1.82, 2.24) is 5.32 Å². The highest BCUT2D eigenvalue weighted by Gasteiger charge is 2.49. The van der Waals surface area contributed by atoms with Crippen LogP contribution in [0.1, 0.15) is 20.3 Å².